The Kier molecular flexibility index (Phi) is 5.53. The molecule has 2 amide bonds. The van der Waals surface area contributed by atoms with Crippen molar-refractivity contribution in [2.75, 3.05) is 18.8 Å². The Morgan fingerprint density at radius 3 is 2.55 bits per heavy atom. The van der Waals surface area contributed by atoms with Crippen LogP contribution < -0.4 is 5.32 Å². The third kappa shape index (κ3) is 4.01. The lowest BCUT2D eigenvalue weighted by Gasteiger charge is -2.39. The van der Waals surface area contributed by atoms with Crippen LogP contribution in [0, 0.1) is 0 Å². The number of aliphatic hydroxyl groups is 1. The fraction of sp³-hybridized carbons (Fsp3) is 0.929. The van der Waals surface area contributed by atoms with E-state index < -0.39 is 24.6 Å². The number of carbonyl (C=O) groups excluding carboxylic acids is 1. The Morgan fingerprint density at radius 1 is 1.36 bits per heavy atom. The maximum Gasteiger partial charge on any atom is 0.417 e. The summed E-state index contributed by atoms with van der Waals surface area (Å²) in [6.07, 6.45) is -2.64. The molecule has 1 aliphatic heterocycles. The number of amides is 2. The molecule has 0 bridgehead atoms. The Hall–Kier alpha value is -0.630. The third-order valence-corrected chi connectivity index (χ3v) is 5.75. The molecule has 8 heteroatoms. The molecule has 0 spiro atoms. The molecule has 0 aromatic rings. The first kappa shape index (κ1) is 17.7. The van der Waals surface area contributed by atoms with Crippen molar-refractivity contribution in [1.82, 2.24) is 10.2 Å². The van der Waals surface area contributed by atoms with E-state index in [0.29, 0.717) is 5.25 Å². The van der Waals surface area contributed by atoms with Crippen molar-refractivity contribution in [2.45, 2.75) is 62.1 Å². The van der Waals surface area contributed by atoms with Gasteiger partial charge in [-0.1, -0.05) is 6.92 Å². The molecule has 2 fully saturated rings. The lowest BCUT2D eigenvalue weighted by atomic mass is 9.91. The quantitative estimate of drug-likeness (QED) is 0.831. The number of hydrogen-bond acceptors (Lipinski definition) is 3. The summed E-state index contributed by atoms with van der Waals surface area (Å²) in [5.74, 6) is 1.05. The Labute approximate surface area is 132 Å². The minimum atomic E-state index is -4.63. The normalized spacial score (nSPS) is 28.7. The van der Waals surface area contributed by atoms with Crippen LogP contribution in [0.15, 0.2) is 0 Å². The number of hydrogen-bond donors (Lipinski definition) is 2. The molecular weight excluding hydrogens is 317 g/mol. The van der Waals surface area contributed by atoms with E-state index in [-0.39, 0.29) is 25.2 Å². The summed E-state index contributed by atoms with van der Waals surface area (Å²) in [4.78, 5) is 13.5. The molecule has 2 rings (SSSR count). The maximum atomic E-state index is 12.7. The molecule has 0 aromatic carbocycles. The predicted molar refractivity (Wildman–Crippen MR) is 79.9 cm³/mol. The van der Waals surface area contributed by atoms with Gasteiger partial charge in [-0.3, -0.25) is 0 Å². The molecule has 128 valence electrons. The summed E-state index contributed by atoms with van der Waals surface area (Å²) < 4.78 is 38.2. The summed E-state index contributed by atoms with van der Waals surface area (Å²) >= 11 is 1.88. The molecular formula is C14H23F3N2O2S. The number of thioether (sulfide) groups is 1. The van der Waals surface area contributed by atoms with Gasteiger partial charge in [-0.25, -0.2) is 4.79 Å². The highest BCUT2D eigenvalue weighted by molar-refractivity contribution is 7.99. The van der Waals surface area contributed by atoms with Gasteiger partial charge in [-0.05, 0) is 25.0 Å². The van der Waals surface area contributed by atoms with Crippen molar-refractivity contribution in [3.63, 3.8) is 0 Å². The van der Waals surface area contributed by atoms with Crippen LogP contribution in [0.3, 0.4) is 0 Å². The number of rotatable bonds is 3. The van der Waals surface area contributed by atoms with E-state index in [9.17, 15) is 23.1 Å². The lowest BCUT2D eigenvalue weighted by Crippen LogP contribution is -2.56. The van der Waals surface area contributed by atoms with Crippen LogP contribution in [0.25, 0.3) is 0 Å². The molecule has 1 saturated heterocycles. The zero-order valence-electron chi connectivity index (χ0n) is 12.7. The number of piperidine rings is 1. The molecule has 2 N–H and O–H groups in total. The minimum Gasteiger partial charge on any atom is -0.380 e. The van der Waals surface area contributed by atoms with E-state index in [0.717, 1.165) is 25.0 Å². The summed E-state index contributed by atoms with van der Waals surface area (Å²) in [6.45, 7) is 1.97. The third-order valence-electron chi connectivity index (χ3n) is 4.52. The van der Waals surface area contributed by atoms with Crippen LogP contribution in [-0.2, 0) is 0 Å². The van der Waals surface area contributed by atoms with Gasteiger partial charge in [0, 0.05) is 37.2 Å². The van der Waals surface area contributed by atoms with Gasteiger partial charge in [0.1, 0.15) is 0 Å². The fourth-order valence-corrected chi connectivity index (χ4v) is 4.23. The van der Waals surface area contributed by atoms with Gasteiger partial charge < -0.3 is 15.3 Å². The molecule has 0 unspecified atom stereocenters. The molecule has 0 aromatic heterocycles. The lowest BCUT2D eigenvalue weighted by molar-refractivity contribution is -0.271. The number of alkyl halides is 3. The first-order valence-electron chi connectivity index (χ1n) is 7.71. The Bertz CT molecular complexity index is 398. The van der Waals surface area contributed by atoms with Gasteiger partial charge in [0.05, 0.1) is 0 Å². The van der Waals surface area contributed by atoms with Gasteiger partial charge in [0.25, 0.3) is 0 Å². The highest BCUT2D eigenvalue weighted by Gasteiger charge is 2.55. The first-order chi connectivity index (χ1) is 10.2. The summed E-state index contributed by atoms with van der Waals surface area (Å²) in [7, 11) is 0. The molecule has 1 saturated carbocycles. The first-order valence-corrected chi connectivity index (χ1v) is 8.76. The predicted octanol–water partition coefficient (Wildman–Crippen LogP) is 2.76. The highest BCUT2D eigenvalue weighted by atomic mass is 32.2. The van der Waals surface area contributed by atoms with E-state index in [1.807, 2.05) is 11.8 Å². The van der Waals surface area contributed by atoms with Crippen LogP contribution in [-0.4, -0.2) is 57.9 Å². The van der Waals surface area contributed by atoms with Gasteiger partial charge in [0.2, 0.25) is 0 Å². The van der Waals surface area contributed by atoms with Crippen molar-refractivity contribution in [1.29, 1.82) is 0 Å². The maximum absolute atomic E-state index is 12.7. The fourth-order valence-electron chi connectivity index (χ4n) is 3.09. The van der Waals surface area contributed by atoms with Crippen LogP contribution in [0.1, 0.15) is 39.0 Å². The number of halogens is 3. The topological polar surface area (TPSA) is 52.6 Å². The number of likely N-dealkylation sites (tertiary alicyclic amines) is 1. The zero-order valence-corrected chi connectivity index (χ0v) is 13.5. The van der Waals surface area contributed by atoms with Crippen molar-refractivity contribution in [3.8, 4) is 0 Å². The van der Waals surface area contributed by atoms with Crippen LogP contribution >= 0.6 is 11.8 Å². The second-order valence-corrected chi connectivity index (χ2v) is 7.63. The zero-order chi connectivity index (χ0) is 16.4. The molecule has 4 nitrogen and oxygen atoms in total. The highest BCUT2D eigenvalue weighted by Crippen LogP contribution is 2.38. The van der Waals surface area contributed by atoms with Gasteiger partial charge in [0.15, 0.2) is 5.60 Å². The second kappa shape index (κ2) is 6.86. The van der Waals surface area contributed by atoms with Crippen molar-refractivity contribution < 1.29 is 23.1 Å². The van der Waals surface area contributed by atoms with Gasteiger partial charge >= 0.3 is 12.2 Å². The van der Waals surface area contributed by atoms with E-state index >= 15 is 0 Å². The summed E-state index contributed by atoms with van der Waals surface area (Å²) in [6, 6.07) is -0.198. The van der Waals surface area contributed by atoms with Crippen LogP contribution in [0.4, 0.5) is 18.0 Å². The molecule has 2 aliphatic rings. The van der Waals surface area contributed by atoms with E-state index in [1.165, 1.54) is 4.90 Å². The van der Waals surface area contributed by atoms with Crippen LogP contribution in [0.2, 0.25) is 0 Å². The standard InChI is InChI=1S/C14H23F3N2O2S/c1-2-22-11-4-3-10(9-11)18-12(20)19-7-5-13(21,6-8-19)14(15,16)17/h10-11,21H,2-9H2,1H3,(H,18,20)/t10-,11-/m0/s1. The summed E-state index contributed by atoms with van der Waals surface area (Å²) in [5.41, 5.74) is -2.65. The molecule has 1 aliphatic carbocycles. The van der Waals surface area contributed by atoms with Crippen molar-refractivity contribution >= 4 is 17.8 Å². The molecule has 1 heterocycles. The van der Waals surface area contributed by atoms with E-state index in [1.54, 1.807) is 0 Å². The molecule has 2 atom stereocenters. The largest absolute Gasteiger partial charge is 0.417 e. The number of carbonyl (C=O) groups is 1. The Morgan fingerprint density at radius 2 is 2.00 bits per heavy atom. The summed E-state index contributed by atoms with van der Waals surface area (Å²) in [5, 5.41) is 13.1. The van der Waals surface area contributed by atoms with Crippen molar-refractivity contribution in [3.05, 3.63) is 0 Å². The van der Waals surface area contributed by atoms with Gasteiger partial charge in [-0.2, -0.15) is 24.9 Å². The number of nitrogens with zero attached hydrogens (tertiary/aromatic N) is 1. The average molecular weight is 340 g/mol. The van der Waals surface area contributed by atoms with Crippen LogP contribution in [0.5, 0.6) is 0 Å². The monoisotopic (exact) mass is 340 g/mol. The van der Waals surface area contributed by atoms with Crippen molar-refractivity contribution in [2.24, 2.45) is 0 Å². The average Bonchev–Trinajstić information content (AvgIpc) is 2.86. The molecule has 0 radical (unpaired) electrons. The van der Waals surface area contributed by atoms with E-state index in [2.05, 4.69) is 12.2 Å². The van der Waals surface area contributed by atoms with E-state index in [4.69, 9.17) is 0 Å². The second-order valence-electron chi connectivity index (χ2n) is 6.05. The number of urea groups is 1. The Balaban J connectivity index is 1.79. The molecule has 22 heavy (non-hydrogen) atoms. The number of nitrogens with one attached hydrogen (secondary N) is 1. The SMILES string of the molecule is CCS[C@H]1CC[C@H](NC(=O)N2CCC(O)(C(F)(F)F)CC2)C1. The van der Waals surface area contributed by atoms with Gasteiger partial charge in [-0.15, -0.1) is 0 Å². The smallest absolute Gasteiger partial charge is 0.380 e. The minimum absolute atomic E-state index is 0.0678.